The highest BCUT2D eigenvalue weighted by molar-refractivity contribution is 5.75. The number of nitrogen functional groups attached to an aromatic ring is 1. The Hall–Kier alpha value is -2.66. The van der Waals surface area contributed by atoms with Crippen LogP contribution in [-0.2, 0) is 6.54 Å². The number of hydrogen-bond acceptors (Lipinski definition) is 5. The highest BCUT2D eigenvalue weighted by atomic mass is 16.3. The van der Waals surface area contributed by atoms with E-state index in [1.807, 2.05) is 6.07 Å². The predicted octanol–water partition coefficient (Wildman–Crippen LogP) is 1.90. The summed E-state index contributed by atoms with van der Waals surface area (Å²) >= 11 is 0. The molecule has 0 radical (unpaired) electrons. The highest BCUT2D eigenvalue weighted by Gasteiger charge is 2.08. The molecular formula is C15H13N3O2. The van der Waals surface area contributed by atoms with Gasteiger partial charge in [-0.2, -0.15) is 0 Å². The van der Waals surface area contributed by atoms with Crippen LogP contribution >= 0.6 is 0 Å². The van der Waals surface area contributed by atoms with E-state index in [9.17, 15) is 4.79 Å². The fourth-order valence-corrected chi connectivity index (χ4v) is 2.07. The molecule has 0 atom stereocenters. The van der Waals surface area contributed by atoms with Crippen LogP contribution in [0.5, 0.6) is 0 Å². The SMILES string of the molecule is NCc1cc(-c2cc(=O)c3cccnc3o2)ccc1N. The maximum Gasteiger partial charge on any atom is 0.230 e. The van der Waals surface area contributed by atoms with Crippen molar-refractivity contribution in [2.24, 2.45) is 5.73 Å². The maximum absolute atomic E-state index is 12.0. The molecule has 100 valence electrons. The molecule has 0 aliphatic heterocycles. The number of nitrogens with two attached hydrogens (primary N) is 2. The number of fused-ring (bicyclic) bond motifs is 1. The molecule has 0 bridgehead atoms. The smallest absolute Gasteiger partial charge is 0.230 e. The summed E-state index contributed by atoms with van der Waals surface area (Å²) in [4.78, 5) is 16.1. The molecule has 0 fully saturated rings. The van der Waals surface area contributed by atoms with Crippen LogP contribution in [0.1, 0.15) is 5.56 Å². The van der Waals surface area contributed by atoms with Gasteiger partial charge in [-0.1, -0.05) is 0 Å². The van der Waals surface area contributed by atoms with E-state index in [0.29, 0.717) is 29.1 Å². The average molecular weight is 267 g/mol. The van der Waals surface area contributed by atoms with Crippen LogP contribution in [0.3, 0.4) is 0 Å². The first kappa shape index (κ1) is 12.4. The van der Waals surface area contributed by atoms with Gasteiger partial charge in [0.15, 0.2) is 5.43 Å². The van der Waals surface area contributed by atoms with Crippen LogP contribution in [0.4, 0.5) is 5.69 Å². The Morgan fingerprint density at radius 3 is 2.85 bits per heavy atom. The molecule has 0 amide bonds. The summed E-state index contributed by atoms with van der Waals surface area (Å²) in [6.07, 6.45) is 1.59. The molecule has 5 heteroatoms. The van der Waals surface area contributed by atoms with Gasteiger partial charge in [0.2, 0.25) is 5.71 Å². The molecule has 4 N–H and O–H groups in total. The van der Waals surface area contributed by atoms with Crippen molar-refractivity contribution >= 4 is 16.8 Å². The van der Waals surface area contributed by atoms with Crippen molar-refractivity contribution in [2.45, 2.75) is 6.54 Å². The van der Waals surface area contributed by atoms with Crippen molar-refractivity contribution in [3.05, 3.63) is 58.4 Å². The Labute approximate surface area is 114 Å². The Bertz CT molecular complexity index is 840. The molecule has 1 aromatic carbocycles. The molecule has 3 rings (SSSR count). The molecule has 0 aliphatic rings. The number of anilines is 1. The lowest BCUT2D eigenvalue weighted by molar-refractivity contribution is 0.605. The molecule has 0 saturated carbocycles. The van der Waals surface area contributed by atoms with Crippen LogP contribution in [0.25, 0.3) is 22.4 Å². The number of rotatable bonds is 2. The van der Waals surface area contributed by atoms with Gasteiger partial charge in [-0.25, -0.2) is 4.98 Å². The van der Waals surface area contributed by atoms with Gasteiger partial charge in [0, 0.05) is 30.1 Å². The van der Waals surface area contributed by atoms with Gasteiger partial charge in [0.25, 0.3) is 0 Å². The van der Waals surface area contributed by atoms with Gasteiger partial charge in [0.05, 0.1) is 5.39 Å². The number of nitrogens with zero attached hydrogens (tertiary/aromatic N) is 1. The summed E-state index contributed by atoms with van der Waals surface area (Å²) in [6, 6.07) is 10.2. The highest BCUT2D eigenvalue weighted by Crippen LogP contribution is 2.24. The van der Waals surface area contributed by atoms with Crippen LogP contribution in [0.2, 0.25) is 0 Å². The Kier molecular flexibility index (Phi) is 2.96. The summed E-state index contributed by atoms with van der Waals surface area (Å²) in [6.45, 7) is 0.329. The van der Waals surface area contributed by atoms with Crippen molar-refractivity contribution in [3.8, 4) is 11.3 Å². The zero-order valence-corrected chi connectivity index (χ0v) is 10.7. The standard InChI is InChI=1S/C15H13N3O2/c16-8-10-6-9(3-4-12(10)17)14-7-13(19)11-2-1-5-18-15(11)20-14/h1-7H,8,16-17H2. The van der Waals surface area contributed by atoms with Crippen LogP contribution in [0, 0.1) is 0 Å². The van der Waals surface area contributed by atoms with Crippen molar-refractivity contribution in [3.63, 3.8) is 0 Å². The van der Waals surface area contributed by atoms with E-state index < -0.39 is 0 Å². The normalized spacial score (nSPS) is 10.8. The minimum Gasteiger partial charge on any atom is -0.437 e. The first-order chi connectivity index (χ1) is 9.69. The monoisotopic (exact) mass is 267 g/mol. The molecule has 0 saturated heterocycles. The van der Waals surface area contributed by atoms with Crippen LogP contribution in [-0.4, -0.2) is 4.98 Å². The lowest BCUT2D eigenvalue weighted by Crippen LogP contribution is -2.03. The third-order valence-corrected chi connectivity index (χ3v) is 3.15. The first-order valence-electron chi connectivity index (χ1n) is 6.17. The second-order valence-corrected chi connectivity index (χ2v) is 4.45. The zero-order chi connectivity index (χ0) is 14.1. The van der Waals surface area contributed by atoms with Crippen molar-refractivity contribution in [1.82, 2.24) is 4.98 Å². The molecule has 0 unspecified atom stereocenters. The first-order valence-corrected chi connectivity index (χ1v) is 6.17. The minimum atomic E-state index is -0.125. The Morgan fingerprint density at radius 2 is 2.05 bits per heavy atom. The maximum atomic E-state index is 12.0. The second-order valence-electron chi connectivity index (χ2n) is 4.45. The fourth-order valence-electron chi connectivity index (χ4n) is 2.07. The quantitative estimate of drug-likeness (QED) is 0.691. The van der Waals surface area contributed by atoms with E-state index in [1.54, 1.807) is 30.5 Å². The van der Waals surface area contributed by atoms with Gasteiger partial charge in [0.1, 0.15) is 5.76 Å². The van der Waals surface area contributed by atoms with Gasteiger partial charge >= 0.3 is 0 Å². The largest absolute Gasteiger partial charge is 0.437 e. The van der Waals surface area contributed by atoms with E-state index >= 15 is 0 Å². The van der Waals surface area contributed by atoms with Gasteiger partial charge in [-0.15, -0.1) is 0 Å². The van der Waals surface area contributed by atoms with E-state index in [2.05, 4.69) is 4.98 Å². The van der Waals surface area contributed by atoms with Crippen molar-refractivity contribution < 1.29 is 4.42 Å². The van der Waals surface area contributed by atoms with E-state index in [4.69, 9.17) is 15.9 Å². The van der Waals surface area contributed by atoms with Gasteiger partial charge in [-0.05, 0) is 35.9 Å². The molecule has 0 spiro atoms. The summed E-state index contributed by atoms with van der Waals surface area (Å²) < 4.78 is 5.68. The molecule has 5 nitrogen and oxygen atoms in total. The molecular weight excluding hydrogens is 254 g/mol. The Balaban J connectivity index is 2.22. The minimum absolute atomic E-state index is 0.125. The number of pyridine rings is 1. The van der Waals surface area contributed by atoms with E-state index in [1.165, 1.54) is 6.07 Å². The van der Waals surface area contributed by atoms with Crippen LogP contribution in [0.15, 0.2) is 51.8 Å². The van der Waals surface area contributed by atoms with E-state index in [-0.39, 0.29) is 5.43 Å². The van der Waals surface area contributed by atoms with Gasteiger partial charge in [-0.3, -0.25) is 4.79 Å². The zero-order valence-electron chi connectivity index (χ0n) is 10.7. The fraction of sp³-hybridized carbons (Fsp3) is 0.0667. The summed E-state index contributed by atoms with van der Waals surface area (Å²) in [5, 5.41) is 0.464. The predicted molar refractivity (Wildman–Crippen MR) is 78.0 cm³/mol. The lowest BCUT2D eigenvalue weighted by Gasteiger charge is -2.06. The molecule has 2 aromatic heterocycles. The summed E-state index contributed by atoms with van der Waals surface area (Å²) in [5.41, 5.74) is 13.8. The lowest BCUT2D eigenvalue weighted by atomic mass is 10.1. The third kappa shape index (κ3) is 2.04. The molecule has 3 aromatic rings. The second kappa shape index (κ2) is 4.79. The number of benzene rings is 1. The molecule has 2 heterocycles. The number of aromatic nitrogens is 1. The number of hydrogen-bond donors (Lipinski definition) is 2. The van der Waals surface area contributed by atoms with Crippen molar-refractivity contribution in [2.75, 3.05) is 5.73 Å². The van der Waals surface area contributed by atoms with Gasteiger partial charge < -0.3 is 15.9 Å². The Morgan fingerprint density at radius 1 is 1.20 bits per heavy atom. The third-order valence-electron chi connectivity index (χ3n) is 3.15. The van der Waals surface area contributed by atoms with E-state index in [0.717, 1.165) is 11.1 Å². The molecule has 0 aliphatic carbocycles. The topological polar surface area (TPSA) is 95.1 Å². The van der Waals surface area contributed by atoms with Crippen LogP contribution < -0.4 is 16.9 Å². The average Bonchev–Trinajstić information content (AvgIpc) is 2.47. The summed E-state index contributed by atoms with van der Waals surface area (Å²) in [5.74, 6) is 0.455. The molecule has 20 heavy (non-hydrogen) atoms. The summed E-state index contributed by atoms with van der Waals surface area (Å²) in [7, 11) is 0. The van der Waals surface area contributed by atoms with Crippen molar-refractivity contribution in [1.29, 1.82) is 0 Å².